The molecule has 1 aromatic carbocycles. The molecule has 0 aliphatic carbocycles. The third-order valence-corrected chi connectivity index (χ3v) is 3.72. The number of carbonyl (C=O) groups is 1. The minimum Gasteiger partial charge on any atom is -0.394 e. The van der Waals surface area contributed by atoms with Crippen molar-refractivity contribution in [2.45, 2.75) is 32.7 Å². The molecule has 0 unspecified atom stereocenters. The van der Waals surface area contributed by atoms with Crippen LogP contribution in [0.15, 0.2) is 24.3 Å². The highest BCUT2D eigenvalue weighted by molar-refractivity contribution is 5.96. The Morgan fingerprint density at radius 2 is 2.08 bits per heavy atom. The minimum absolute atomic E-state index is 0.265. The molecule has 0 fully saturated rings. The van der Waals surface area contributed by atoms with Gasteiger partial charge in [0.15, 0.2) is 0 Å². The number of aryl methyl sites for hydroxylation is 2. The molecule has 8 heteroatoms. The van der Waals surface area contributed by atoms with Crippen molar-refractivity contribution in [1.29, 1.82) is 0 Å². The van der Waals surface area contributed by atoms with Crippen LogP contribution in [0.25, 0.3) is 0 Å². The lowest BCUT2D eigenvalue weighted by atomic mass is 10.0. The van der Waals surface area contributed by atoms with Gasteiger partial charge in [0.1, 0.15) is 5.69 Å². The molecule has 1 atom stereocenters. The van der Waals surface area contributed by atoms with Gasteiger partial charge in [0.2, 0.25) is 5.69 Å². The summed E-state index contributed by atoms with van der Waals surface area (Å²) < 4.78 is 0. The Hall–Kier alpha value is -2.74. The number of aromatic amines is 1. The van der Waals surface area contributed by atoms with E-state index >= 15 is 0 Å². The Labute approximate surface area is 139 Å². The molecular weight excluding hydrogens is 312 g/mol. The minimum atomic E-state index is -0.677. The standard InChI is InChI=1S/C16H20N4O4/c1-3-13-15(20(23)24)14(19-18-13)16(22)17-12(9-21)8-11-6-4-10(2)5-7-11/h4-7,12,21H,3,8-9H2,1-2H3,(H,17,22)(H,18,19)/t12-/m1/s1. The molecule has 0 aliphatic heterocycles. The number of nitro groups is 1. The molecule has 2 aromatic rings. The predicted octanol–water partition coefficient (Wildman–Crippen LogP) is 1.52. The smallest absolute Gasteiger partial charge is 0.322 e. The van der Waals surface area contributed by atoms with E-state index in [1.165, 1.54) is 0 Å². The number of H-pyrrole nitrogens is 1. The molecule has 24 heavy (non-hydrogen) atoms. The second-order valence-corrected chi connectivity index (χ2v) is 5.55. The largest absolute Gasteiger partial charge is 0.394 e. The monoisotopic (exact) mass is 332 g/mol. The van der Waals surface area contributed by atoms with Crippen molar-refractivity contribution in [1.82, 2.24) is 15.5 Å². The first-order chi connectivity index (χ1) is 11.5. The van der Waals surface area contributed by atoms with Crippen LogP contribution in [-0.4, -0.2) is 38.8 Å². The highest BCUT2D eigenvalue weighted by Crippen LogP contribution is 2.21. The van der Waals surface area contributed by atoms with E-state index in [1.807, 2.05) is 31.2 Å². The number of hydrogen-bond acceptors (Lipinski definition) is 5. The summed E-state index contributed by atoms with van der Waals surface area (Å²) >= 11 is 0. The first-order valence-electron chi connectivity index (χ1n) is 7.65. The van der Waals surface area contributed by atoms with Crippen LogP contribution in [0.4, 0.5) is 5.69 Å². The summed E-state index contributed by atoms with van der Waals surface area (Å²) in [6.07, 6.45) is 0.783. The molecule has 1 aromatic heterocycles. The number of aliphatic hydroxyl groups is 1. The molecule has 0 saturated carbocycles. The van der Waals surface area contributed by atoms with Gasteiger partial charge in [-0.1, -0.05) is 36.8 Å². The van der Waals surface area contributed by atoms with Crippen LogP contribution in [0, 0.1) is 17.0 Å². The number of nitrogens with one attached hydrogen (secondary N) is 2. The number of hydrogen-bond donors (Lipinski definition) is 3. The van der Waals surface area contributed by atoms with Crippen molar-refractivity contribution in [3.63, 3.8) is 0 Å². The number of nitrogens with zero attached hydrogens (tertiary/aromatic N) is 2. The number of benzene rings is 1. The third-order valence-electron chi connectivity index (χ3n) is 3.72. The Morgan fingerprint density at radius 1 is 1.42 bits per heavy atom. The average molecular weight is 332 g/mol. The molecule has 2 rings (SSSR count). The normalized spacial score (nSPS) is 12.0. The van der Waals surface area contributed by atoms with Gasteiger partial charge in [0, 0.05) is 0 Å². The van der Waals surface area contributed by atoms with Crippen molar-refractivity contribution < 1.29 is 14.8 Å². The number of amides is 1. The van der Waals surface area contributed by atoms with Gasteiger partial charge < -0.3 is 10.4 Å². The molecular formula is C16H20N4O4. The van der Waals surface area contributed by atoms with Crippen molar-refractivity contribution >= 4 is 11.6 Å². The summed E-state index contributed by atoms with van der Waals surface area (Å²) in [6, 6.07) is 7.16. The SMILES string of the molecule is CCc1[nH]nc(C(=O)N[C@@H](CO)Cc2ccc(C)cc2)c1[N+](=O)[O-]. The molecule has 128 valence electrons. The van der Waals surface area contributed by atoms with Crippen LogP contribution in [0.5, 0.6) is 0 Å². The predicted molar refractivity (Wildman–Crippen MR) is 87.8 cm³/mol. The van der Waals surface area contributed by atoms with Crippen LogP contribution in [0.2, 0.25) is 0 Å². The van der Waals surface area contributed by atoms with Crippen LogP contribution in [0.3, 0.4) is 0 Å². The van der Waals surface area contributed by atoms with Crippen LogP contribution in [-0.2, 0) is 12.8 Å². The number of aliphatic hydroxyl groups excluding tert-OH is 1. The van der Waals surface area contributed by atoms with Crippen molar-refractivity contribution in [3.05, 3.63) is 56.9 Å². The van der Waals surface area contributed by atoms with Gasteiger partial charge in [-0.2, -0.15) is 5.10 Å². The maximum atomic E-state index is 12.3. The van der Waals surface area contributed by atoms with E-state index in [9.17, 15) is 20.0 Å². The van der Waals surface area contributed by atoms with Gasteiger partial charge in [-0.25, -0.2) is 0 Å². The zero-order valence-electron chi connectivity index (χ0n) is 13.6. The molecule has 0 bridgehead atoms. The van der Waals surface area contributed by atoms with E-state index in [0.717, 1.165) is 11.1 Å². The summed E-state index contributed by atoms with van der Waals surface area (Å²) in [5.74, 6) is -0.677. The molecule has 0 radical (unpaired) electrons. The fraction of sp³-hybridized carbons (Fsp3) is 0.375. The highest BCUT2D eigenvalue weighted by Gasteiger charge is 2.29. The summed E-state index contributed by atoms with van der Waals surface area (Å²) in [5.41, 5.74) is 1.78. The maximum Gasteiger partial charge on any atom is 0.322 e. The second-order valence-electron chi connectivity index (χ2n) is 5.55. The Morgan fingerprint density at radius 3 is 2.62 bits per heavy atom. The lowest BCUT2D eigenvalue weighted by Gasteiger charge is -2.15. The fourth-order valence-corrected chi connectivity index (χ4v) is 2.40. The van der Waals surface area contributed by atoms with Gasteiger partial charge in [0.25, 0.3) is 5.91 Å². The Bertz CT molecular complexity index is 724. The molecule has 0 aliphatic rings. The highest BCUT2D eigenvalue weighted by atomic mass is 16.6. The summed E-state index contributed by atoms with van der Waals surface area (Å²) in [7, 11) is 0. The van der Waals surface area contributed by atoms with E-state index in [2.05, 4.69) is 15.5 Å². The van der Waals surface area contributed by atoms with Gasteiger partial charge in [-0.05, 0) is 25.3 Å². The summed E-state index contributed by atoms with van der Waals surface area (Å²) in [6.45, 7) is 3.42. The van der Waals surface area contributed by atoms with E-state index < -0.39 is 16.9 Å². The fourth-order valence-electron chi connectivity index (χ4n) is 2.40. The number of aromatic nitrogens is 2. The van der Waals surface area contributed by atoms with Gasteiger partial charge in [0.05, 0.1) is 17.6 Å². The zero-order chi connectivity index (χ0) is 17.7. The quantitative estimate of drug-likeness (QED) is 0.524. The average Bonchev–Trinajstić information content (AvgIpc) is 3.00. The molecule has 8 nitrogen and oxygen atoms in total. The first-order valence-corrected chi connectivity index (χ1v) is 7.65. The zero-order valence-corrected chi connectivity index (χ0v) is 13.6. The van der Waals surface area contributed by atoms with Crippen LogP contribution in [0.1, 0.15) is 34.2 Å². The third kappa shape index (κ3) is 3.96. The van der Waals surface area contributed by atoms with E-state index in [0.29, 0.717) is 18.5 Å². The van der Waals surface area contributed by atoms with Crippen LogP contribution < -0.4 is 5.32 Å². The molecule has 0 spiro atoms. The van der Waals surface area contributed by atoms with Crippen molar-refractivity contribution in [2.24, 2.45) is 0 Å². The molecule has 3 N–H and O–H groups in total. The lowest BCUT2D eigenvalue weighted by Crippen LogP contribution is -2.39. The second kappa shape index (κ2) is 7.69. The lowest BCUT2D eigenvalue weighted by molar-refractivity contribution is -0.385. The van der Waals surface area contributed by atoms with Gasteiger partial charge in [-0.15, -0.1) is 0 Å². The van der Waals surface area contributed by atoms with Gasteiger partial charge >= 0.3 is 5.69 Å². The first kappa shape index (κ1) is 17.6. The number of rotatable bonds is 7. The Kier molecular flexibility index (Phi) is 5.64. The summed E-state index contributed by atoms with van der Waals surface area (Å²) in [4.78, 5) is 22.8. The van der Waals surface area contributed by atoms with Crippen molar-refractivity contribution in [3.8, 4) is 0 Å². The van der Waals surface area contributed by atoms with E-state index in [1.54, 1.807) is 6.92 Å². The molecule has 0 saturated heterocycles. The van der Waals surface area contributed by atoms with Crippen molar-refractivity contribution in [2.75, 3.05) is 6.61 Å². The van der Waals surface area contributed by atoms with Crippen LogP contribution >= 0.6 is 0 Å². The topological polar surface area (TPSA) is 121 Å². The maximum absolute atomic E-state index is 12.3. The Balaban J connectivity index is 2.13. The van der Waals surface area contributed by atoms with E-state index in [-0.39, 0.29) is 18.0 Å². The summed E-state index contributed by atoms with van der Waals surface area (Å²) in [5, 5.41) is 29.5. The van der Waals surface area contributed by atoms with E-state index in [4.69, 9.17) is 0 Å². The molecule has 1 amide bonds. The molecule has 1 heterocycles. The number of carbonyl (C=O) groups excluding carboxylic acids is 1. The van der Waals surface area contributed by atoms with Gasteiger partial charge in [-0.3, -0.25) is 20.0 Å².